The van der Waals surface area contributed by atoms with E-state index in [9.17, 15) is 13.2 Å². The molecule has 0 spiro atoms. The number of rotatable bonds is 4. The van der Waals surface area contributed by atoms with Crippen molar-refractivity contribution >= 4 is 31.7 Å². The van der Waals surface area contributed by atoms with Gasteiger partial charge in [-0.3, -0.25) is 4.79 Å². The van der Waals surface area contributed by atoms with Crippen molar-refractivity contribution in [1.82, 2.24) is 0 Å². The highest BCUT2D eigenvalue weighted by atomic mass is 79.9. The van der Waals surface area contributed by atoms with Crippen LogP contribution < -0.4 is 0 Å². The van der Waals surface area contributed by atoms with Gasteiger partial charge in [0.15, 0.2) is 14.6 Å². The summed E-state index contributed by atoms with van der Waals surface area (Å²) in [5, 5.41) is 0.491. The summed E-state index contributed by atoms with van der Waals surface area (Å²) in [4.78, 5) is 11.3. The zero-order valence-electron chi connectivity index (χ0n) is 7.25. The molecule has 76 valence electrons. The van der Waals surface area contributed by atoms with Crippen LogP contribution in [0.2, 0.25) is 0 Å². The molecule has 0 saturated carbocycles. The van der Waals surface area contributed by atoms with E-state index in [4.69, 9.17) is 4.74 Å². The molecule has 1 heterocycles. The van der Waals surface area contributed by atoms with Gasteiger partial charge in [-0.15, -0.1) is 0 Å². The molecule has 0 radical (unpaired) electrons. The second kappa shape index (κ2) is 3.57. The van der Waals surface area contributed by atoms with Crippen LogP contribution in [0.5, 0.6) is 0 Å². The van der Waals surface area contributed by atoms with E-state index < -0.39 is 20.6 Å². The van der Waals surface area contributed by atoms with Crippen LogP contribution in [0.4, 0.5) is 0 Å². The molecule has 0 N–H and O–H groups in total. The molecule has 0 unspecified atom stereocenters. The number of sulfone groups is 1. The minimum absolute atomic E-state index is 0.0650. The van der Waals surface area contributed by atoms with Crippen molar-refractivity contribution in [3.63, 3.8) is 0 Å². The Balaban J connectivity index is 2.78. The van der Waals surface area contributed by atoms with E-state index in [2.05, 4.69) is 15.9 Å². The zero-order valence-corrected chi connectivity index (χ0v) is 9.65. The van der Waals surface area contributed by atoms with Gasteiger partial charge < -0.3 is 4.74 Å². The molecule has 1 aliphatic rings. The Morgan fingerprint density at radius 1 is 1.62 bits per heavy atom. The molecule has 6 heteroatoms. The Hall–Kier alpha value is -0.100. The monoisotopic (exact) mass is 270 g/mol. The van der Waals surface area contributed by atoms with E-state index in [1.54, 1.807) is 6.92 Å². The smallest absolute Gasteiger partial charge is 0.328 e. The maximum Gasteiger partial charge on any atom is 0.328 e. The maximum absolute atomic E-state index is 11.3. The predicted octanol–water partition coefficient (Wildman–Crippen LogP) is 0.502. The largest absolute Gasteiger partial charge is 0.465 e. The third-order valence-electron chi connectivity index (χ3n) is 2.08. The Labute approximate surface area is 85.7 Å². The highest BCUT2D eigenvalue weighted by Crippen LogP contribution is 2.41. The molecular formula is C7H11BrO4S. The molecule has 0 aliphatic carbocycles. The second-order valence-corrected chi connectivity index (χ2v) is 6.01. The molecule has 1 saturated heterocycles. The number of hydrogen-bond acceptors (Lipinski definition) is 4. The average Bonchev–Trinajstić information content (AvgIpc) is 2.56. The lowest BCUT2D eigenvalue weighted by molar-refractivity contribution is -0.144. The minimum Gasteiger partial charge on any atom is -0.465 e. The van der Waals surface area contributed by atoms with Crippen molar-refractivity contribution in [2.75, 3.05) is 17.7 Å². The SMILES string of the molecule is CCOC(=O)[C@]1(CCBr)CS1(=O)=O. The van der Waals surface area contributed by atoms with Crippen LogP contribution in [0, 0.1) is 0 Å². The van der Waals surface area contributed by atoms with Crippen molar-refractivity contribution in [3.05, 3.63) is 0 Å². The minimum atomic E-state index is -3.21. The Morgan fingerprint density at radius 2 is 2.15 bits per heavy atom. The lowest BCUT2D eigenvalue weighted by Crippen LogP contribution is -2.29. The number of halogens is 1. The Kier molecular flexibility index (Phi) is 3.01. The molecule has 0 aromatic heterocycles. The summed E-state index contributed by atoms with van der Waals surface area (Å²) in [6, 6.07) is 0. The lowest BCUT2D eigenvalue weighted by Gasteiger charge is -2.08. The fourth-order valence-electron chi connectivity index (χ4n) is 1.21. The normalized spacial score (nSPS) is 29.7. The fourth-order valence-corrected chi connectivity index (χ4v) is 3.98. The zero-order chi connectivity index (χ0) is 10.1. The summed E-state index contributed by atoms with van der Waals surface area (Å²) in [7, 11) is -3.21. The maximum atomic E-state index is 11.3. The van der Waals surface area contributed by atoms with Crippen LogP contribution in [0.15, 0.2) is 0 Å². The van der Waals surface area contributed by atoms with Crippen molar-refractivity contribution in [3.8, 4) is 0 Å². The molecule has 1 fully saturated rings. The first-order valence-electron chi connectivity index (χ1n) is 3.95. The van der Waals surface area contributed by atoms with Gasteiger partial charge in [0.05, 0.1) is 12.4 Å². The molecule has 1 atom stereocenters. The quantitative estimate of drug-likeness (QED) is 0.424. The van der Waals surface area contributed by atoms with Gasteiger partial charge in [-0.2, -0.15) is 0 Å². The number of ether oxygens (including phenoxy) is 1. The number of esters is 1. The summed E-state index contributed by atoms with van der Waals surface area (Å²) < 4.78 is 25.9. The molecular weight excluding hydrogens is 260 g/mol. The van der Waals surface area contributed by atoms with Gasteiger partial charge in [0.1, 0.15) is 0 Å². The lowest BCUT2D eigenvalue weighted by atomic mass is 10.1. The number of alkyl halides is 1. The molecule has 0 bridgehead atoms. The van der Waals surface area contributed by atoms with Gasteiger partial charge in [0.2, 0.25) is 0 Å². The predicted molar refractivity (Wildman–Crippen MR) is 51.6 cm³/mol. The third kappa shape index (κ3) is 1.74. The van der Waals surface area contributed by atoms with Crippen LogP contribution in [0.3, 0.4) is 0 Å². The van der Waals surface area contributed by atoms with E-state index in [0.717, 1.165) is 0 Å². The van der Waals surface area contributed by atoms with Gasteiger partial charge >= 0.3 is 5.97 Å². The average molecular weight is 271 g/mol. The van der Waals surface area contributed by atoms with E-state index in [0.29, 0.717) is 11.8 Å². The third-order valence-corrected chi connectivity index (χ3v) is 4.70. The summed E-state index contributed by atoms with van der Waals surface area (Å²) in [5.74, 6) is -0.667. The molecule has 0 aromatic rings. The van der Waals surface area contributed by atoms with Gasteiger partial charge in [-0.1, -0.05) is 15.9 Å². The van der Waals surface area contributed by atoms with Gasteiger partial charge in [-0.25, -0.2) is 8.42 Å². The summed E-state index contributed by atoms with van der Waals surface area (Å²) in [5.41, 5.74) is 0. The molecule has 1 aliphatic heterocycles. The van der Waals surface area contributed by atoms with E-state index in [1.807, 2.05) is 0 Å². The highest BCUT2D eigenvalue weighted by molar-refractivity contribution is 9.09. The van der Waals surface area contributed by atoms with Gasteiger partial charge in [0.25, 0.3) is 0 Å². The van der Waals surface area contributed by atoms with E-state index in [1.165, 1.54) is 0 Å². The van der Waals surface area contributed by atoms with E-state index >= 15 is 0 Å². The molecule has 13 heavy (non-hydrogen) atoms. The second-order valence-electron chi connectivity index (χ2n) is 2.91. The van der Waals surface area contributed by atoms with Crippen LogP contribution in [0.1, 0.15) is 13.3 Å². The summed E-state index contributed by atoms with van der Waals surface area (Å²) >= 11 is 3.12. The Bertz CT molecular complexity index is 310. The van der Waals surface area contributed by atoms with Crippen molar-refractivity contribution in [2.24, 2.45) is 0 Å². The molecule has 0 aromatic carbocycles. The summed E-state index contributed by atoms with van der Waals surface area (Å²) in [6.07, 6.45) is 0.300. The van der Waals surface area contributed by atoms with Crippen LogP contribution >= 0.6 is 15.9 Å². The number of hydrogen-bond donors (Lipinski definition) is 0. The first kappa shape index (κ1) is 11.0. The number of carbonyl (C=O) groups excluding carboxylic acids is 1. The van der Waals surface area contributed by atoms with Crippen LogP contribution in [-0.2, 0) is 19.4 Å². The highest BCUT2D eigenvalue weighted by Gasteiger charge is 2.67. The number of carbonyl (C=O) groups is 1. The van der Waals surface area contributed by atoms with Crippen LogP contribution in [0.25, 0.3) is 0 Å². The molecule has 0 amide bonds. The van der Waals surface area contributed by atoms with Gasteiger partial charge in [0, 0.05) is 5.33 Å². The van der Waals surface area contributed by atoms with Gasteiger partial charge in [-0.05, 0) is 13.3 Å². The molecule has 1 rings (SSSR count). The van der Waals surface area contributed by atoms with Crippen molar-refractivity contribution in [2.45, 2.75) is 18.1 Å². The van der Waals surface area contributed by atoms with Crippen molar-refractivity contribution < 1.29 is 17.9 Å². The topological polar surface area (TPSA) is 60.4 Å². The molecule has 4 nitrogen and oxygen atoms in total. The standard InChI is InChI=1S/C7H11BrO4S/c1-2-12-6(9)7(3-4-8)5-13(7,10)11/h2-5H2,1H3/t7-/m0/s1. The van der Waals surface area contributed by atoms with Crippen molar-refractivity contribution in [1.29, 1.82) is 0 Å². The Morgan fingerprint density at radius 3 is 2.46 bits per heavy atom. The first-order chi connectivity index (χ1) is 6.00. The fraction of sp³-hybridized carbons (Fsp3) is 0.857. The van der Waals surface area contributed by atoms with E-state index in [-0.39, 0.29) is 12.4 Å². The first-order valence-corrected chi connectivity index (χ1v) is 6.73. The van der Waals surface area contributed by atoms with Crippen LogP contribution in [-0.4, -0.2) is 36.8 Å². The summed E-state index contributed by atoms with van der Waals surface area (Å²) in [6.45, 7) is 1.88.